The first-order chi connectivity index (χ1) is 12.1. The molecule has 0 N–H and O–H groups in total. The second-order valence-corrected chi connectivity index (χ2v) is 8.31. The van der Waals surface area contributed by atoms with Crippen molar-refractivity contribution in [3.05, 3.63) is 39.4 Å². The summed E-state index contributed by atoms with van der Waals surface area (Å²) in [5.41, 5.74) is 2.24. The second-order valence-electron chi connectivity index (χ2n) is 7.20. The number of hydrogen-bond acceptors (Lipinski definition) is 7. The van der Waals surface area contributed by atoms with Crippen LogP contribution >= 0.6 is 11.8 Å². The molecule has 0 aliphatic carbocycles. The van der Waals surface area contributed by atoms with Crippen molar-refractivity contribution >= 4 is 11.8 Å². The number of aryl methyl sites for hydroxylation is 1. The molecule has 0 atom stereocenters. The lowest BCUT2D eigenvalue weighted by atomic mass is 10.0. The molecule has 7 nitrogen and oxygen atoms in total. The highest BCUT2D eigenvalue weighted by Gasteiger charge is 2.29. The third-order valence-electron chi connectivity index (χ3n) is 4.73. The number of nitrogens with zero attached hydrogens (tertiary/aromatic N) is 5. The third kappa shape index (κ3) is 3.64. The van der Waals surface area contributed by atoms with Gasteiger partial charge in [0.05, 0.1) is 18.8 Å². The highest BCUT2D eigenvalue weighted by atomic mass is 32.2. The van der Waals surface area contributed by atoms with Crippen LogP contribution in [0.5, 0.6) is 0 Å². The van der Waals surface area contributed by atoms with Crippen LogP contribution in [0, 0.1) is 5.92 Å². The molecule has 2 aromatic rings. The maximum atomic E-state index is 12.3. The second kappa shape index (κ2) is 6.92. The van der Waals surface area contributed by atoms with Crippen LogP contribution in [0.4, 0.5) is 0 Å². The van der Waals surface area contributed by atoms with Gasteiger partial charge in [-0.1, -0.05) is 19.0 Å². The van der Waals surface area contributed by atoms with Crippen molar-refractivity contribution in [1.29, 1.82) is 0 Å². The lowest BCUT2D eigenvalue weighted by Gasteiger charge is -2.38. The van der Waals surface area contributed by atoms with Gasteiger partial charge in [-0.3, -0.25) is 9.69 Å². The van der Waals surface area contributed by atoms with E-state index in [9.17, 15) is 4.79 Å². The zero-order valence-corrected chi connectivity index (χ0v) is 15.5. The molecule has 0 saturated carbocycles. The van der Waals surface area contributed by atoms with Crippen molar-refractivity contribution in [3.63, 3.8) is 0 Å². The molecule has 1 fully saturated rings. The Morgan fingerprint density at radius 2 is 2.24 bits per heavy atom. The Kier molecular flexibility index (Phi) is 4.64. The molecule has 2 aliphatic rings. The van der Waals surface area contributed by atoms with Gasteiger partial charge in [0.25, 0.3) is 5.56 Å². The van der Waals surface area contributed by atoms with Gasteiger partial charge in [0.2, 0.25) is 5.89 Å². The molecule has 1 saturated heterocycles. The summed E-state index contributed by atoms with van der Waals surface area (Å²) >= 11 is 1.87. The number of hydrogen-bond donors (Lipinski definition) is 0. The molecule has 0 aromatic carbocycles. The standard InChI is InChI=1S/C17H23N5O2S/c1-11(2)17-18-15(24-20-17)9-21-6-12(7-21)8-22-16(23)5-13-10-25-4-3-14(13)19-22/h5,11-12H,3-4,6-10H2,1-2H3. The lowest BCUT2D eigenvalue weighted by molar-refractivity contribution is 0.0657. The van der Waals surface area contributed by atoms with Crippen molar-refractivity contribution in [2.24, 2.45) is 5.92 Å². The van der Waals surface area contributed by atoms with Gasteiger partial charge in [-0.25, -0.2) is 4.68 Å². The Morgan fingerprint density at radius 3 is 3.00 bits per heavy atom. The van der Waals surface area contributed by atoms with Crippen molar-refractivity contribution in [2.75, 3.05) is 18.8 Å². The fraction of sp³-hybridized carbons (Fsp3) is 0.647. The quantitative estimate of drug-likeness (QED) is 0.802. The van der Waals surface area contributed by atoms with Gasteiger partial charge in [-0.05, 0) is 11.3 Å². The first-order valence-corrected chi connectivity index (χ1v) is 9.96. The maximum absolute atomic E-state index is 12.3. The van der Waals surface area contributed by atoms with E-state index in [1.54, 1.807) is 10.7 Å². The molecule has 0 radical (unpaired) electrons. The van der Waals surface area contributed by atoms with Crippen LogP contribution in [-0.2, 0) is 25.3 Å². The Bertz CT molecular complexity index is 810. The van der Waals surface area contributed by atoms with Crippen molar-refractivity contribution in [1.82, 2.24) is 24.8 Å². The van der Waals surface area contributed by atoms with Crippen LogP contribution in [-0.4, -0.2) is 43.7 Å². The zero-order valence-electron chi connectivity index (χ0n) is 14.6. The van der Waals surface area contributed by atoms with Crippen LogP contribution in [0.25, 0.3) is 0 Å². The summed E-state index contributed by atoms with van der Waals surface area (Å²) in [7, 11) is 0. The van der Waals surface area contributed by atoms with Crippen molar-refractivity contribution in [2.45, 2.75) is 45.0 Å². The molecule has 0 unspecified atom stereocenters. The smallest absolute Gasteiger partial charge is 0.267 e. The van der Waals surface area contributed by atoms with Gasteiger partial charge in [-0.2, -0.15) is 21.8 Å². The van der Waals surface area contributed by atoms with Crippen molar-refractivity contribution < 1.29 is 4.52 Å². The third-order valence-corrected chi connectivity index (χ3v) is 5.74. The largest absolute Gasteiger partial charge is 0.338 e. The van der Waals surface area contributed by atoms with Crippen LogP contribution < -0.4 is 5.56 Å². The summed E-state index contributed by atoms with van der Waals surface area (Å²) in [6.07, 6.45) is 0.965. The topological polar surface area (TPSA) is 77.0 Å². The Balaban J connectivity index is 1.33. The molecule has 2 aromatic heterocycles. The van der Waals surface area contributed by atoms with Gasteiger partial charge in [0.15, 0.2) is 5.82 Å². The fourth-order valence-electron chi connectivity index (χ4n) is 3.31. The van der Waals surface area contributed by atoms with Gasteiger partial charge >= 0.3 is 0 Å². The zero-order chi connectivity index (χ0) is 17.4. The van der Waals surface area contributed by atoms with Crippen LogP contribution in [0.1, 0.15) is 42.7 Å². The minimum atomic E-state index is 0.0261. The summed E-state index contributed by atoms with van der Waals surface area (Å²) in [6, 6.07) is 1.77. The fourth-order valence-corrected chi connectivity index (χ4v) is 4.26. The molecular weight excluding hydrogens is 338 g/mol. The van der Waals surface area contributed by atoms with E-state index < -0.39 is 0 Å². The number of aromatic nitrogens is 4. The van der Waals surface area contributed by atoms with E-state index in [0.29, 0.717) is 24.9 Å². The molecule has 0 bridgehead atoms. The number of fused-ring (bicyclic) bond motifs is 1. The summed E-state index contributed by atoms with van der Waals surface area (Å²) in [4.78, 5) is 18.9. The van der Waals surface area contributed by atoms with Gasteiger partial charge in [0.1, 0.15) is 0 Å². The predicted molar refractivity (Wildman–Crippen MR) is 95.5 cm³/mol. The summed E-state index contributed by atoms with van der Waals surface area (Å²) in [6.45, 7) is 7.34. The molecule has 4 rings (SSSR count). The molecular formula is C17H23N5O2S. The molecule has 8 heteroatoms. The van der Waals surface area contributed by atoms with E-state index in [2.05, 4.69) is 34.0 Å². The first-order valence-electron chi connectivity index (χ1n) is 8.81. The Hall–Kier alpha value is -1.67. The van der Waals surface area contributed by atoms with Gasteiger partial charge in [0, 0.05) is 43.2 Å². The van der Waals surface area contributed by atoms with Gasteiger partial charge < -0.3 is 4.52 Å². The predicted octanol–water partition coefficient (Wildman–Crippen LogP) is 1.67. The Labute approximate surface area is 150 Å². The van der Waals surface area contributed by atoms with E-state index >= 15 is 0 Å². The summed E-state index contributed by atoms with van der Waals surface area (Å²) in [5, 5.41) is 8.59. The number of likely N-dealkylation sites (tertiary alicyclic amines) is 1. The number of thioether (sulfide) groups is 1. The van der Waals surface area contributed by atoms with E-state index in [4.69, 9.17) is 4.52 Å². The monoisotopic (exact) mass is 361 g/mol. The van der Waals surface area contributed by atoms with E-state index in [-0.39, 0.29) is 11.5 Å². The van der Waals surface area contributed by atoms with E-state index in [0.717, 1.165) is 48.1 Å². The molecule has 2 aliphatic heterocycles. The average molecular weight is 361 g/mol. The molecule has 4 heterocycles. The molecule has 25 heavy (non-hydrogen) atoms. The summed E-state index contributed by atoms with van der Waals surface area (Å²) in [5.74, 6) is 4.17. The lowest BCUT2D eigenvalue weighted by Crippen LogP contribution is -2.49. The highest BCUT2D eigenvalue weighted by molar-refractivity contribution is 7.98. The summed E-state index contributed by atoms with van der Waals surface area (Å²) < 4.78 is 6.95. The average Bonchev–Trinajstić information content (AvgIpc) is 3.02. The SMILES string of the molecule is CC(C)c1noc(CN2CC(Cn3nc4c(cc3=O)CSCC4)C2)n1. The highest BCUT2D eigenvalue weighted by Crippen LogP contribution is 2.23. The minimum absolute atomic E-state index is 0.0261. The minimum Gasteiger partial charge on any atom is -0.338 e. The Morgan fingerprint density at radius 1 is 1.40 bits per heavy atom. The van der Waals surface area contributed by atoms with Crippen molar-refractivity contribution in [3.8, 4) is 0 Å². The normalized spacial score (nSPS) is 18.4. The molecule has 0 spiro atoms. The molecule has 134 valence electrons. The maximum Gasteiger partial charge on any atom is 0.267 e. The van der Waals surface area contributed by atoms with Gasteiger partial charge in [-0.15, -0.1) is 0 Å². The van der Waals surface area contributed by atoms with E-state index in [1.807, 2.05) is 11.8 Å². The number of rotatable bonds is 5. The first kappa shape index (κ1) is 16.8. The molecule has 0 amide bonds. The van der Waals surface area contributed by atoms with Crippen LogP contribution in [0.15, 0.2) is 15.4 Å². The van der Waals surface area contributed by atoms with E-state index in [1.165, 1.54) is 0 Å². The van der Waals surface area contributed by atoms with Crippen LogP contribution in [0.3, 0.4) is 0 Å². The van der Waals surface area contributed by atoms with Crippen LogP contribution in [0.2, 0.25) is 0 Å².